The monoisotopic (exact) mass is 414 g/mol. The van der Waals surface area contributed by atoms with E-state index in [2.05, 4.69) is 118 Å². The van der Waals surface area contributed by atoms with Crippen LogP contribution >= 0.6 is 11.3 Å². The second-order valence-corrected chi connectivity index (χ2v) is 8.99. The Balaban J connectivity index is 1.58. The quantitative estimate of drug-likeness (QED) is 0.272. The summed E-state index contributed by atoms with van der Waals surface area (Å²) in [5.41, 5.74) is 4.90. The Kier molecular flexibility index (Phi) is 3.46. The normalized spacial score (nSPS) is 11.9. The lowest BCUT2D eigenvalue weighted by molar-refractivity contribution is 1.16. The van der Waals surface area contributed by atoms with Crippen LogP contribution in [-0.4, -0.2) is 9.13 Å². The molecule has 2 nitrogen and oxygen atoms in total. The minimum Gasteiger partial charge on any atom is -0.309 e. The number of hydrogen-bond donors (Lipinski definition) is 0. The maximum absolute atomic E-state index is 2.38. The molecule has 0 saturated heterocycles. The Morgan fingerprint density at radius 1 is 0.548 bits per heavy atom. The van der Waals surface area contributed by atoms with E-state index in [1.165, 1.54) is 53.5 Å². The van der Waals surface area contributed by atoms with Gasteiger partial charge in [-0.1, -0.05) is 54.6 Å². The molecular formula is C28H18N2S. The summed E-state index contributed by atoms with van der Waals surface area (Å²) in [7, 11) is 0. The largest absolute Gasteiger partial charge is 0.309 e. The van der Waals surface area contributed by atoms with Gasteiger partial charge in [-0.2, -0.15) is 0 Å². The van der Waals surface area contributed by atoms with Crippen molar-refractivity contribution in [1.82, 2.24) is 9.13 Å². The first-order chi connectivity index (χ1) is 15.4. The minimum atomic E-state index is 1.19. The van der Waals surface area contributed by atoms with Crippen LogP contribution in [-0.2, 0) is 0 Å². The number of para-hydroxylation sites is 2. The van der Waals surface area contributed by atoms with Gasteiger partial charge in [0.2, 0.25) is 0 Å². The summed E-state index contributed by atoms with van der Waals surface area (Å²) >= 11 is 1.84. The van der Waals surface area contributed by atoms with Crippen LogP contribution in [0.25, 0.3) is 53.5 Å². The lowest BCUT2D eigenvalue weighted by Gasteiger charge is -2.08. The molecule has 3 aromatic heterocycles. The van der Waals surface area contributed by atoms with Gasteiger partial charge in [0.25, 0.3) is 0 Å². The van der Waals surface area contributed by atoms with E-state index in [-0.39, 0.29) is 0 Å². The van der Waals surface area contributed by atoms with Crippen LogP contribution in [0.5, 0.6) is 0 Å². The van der Waals surface area contributed by atoms with Gasteiger partial charge in [-0.15, -0.1) is 11.3 Å². The number of rotatable bonds is 2. The Bertz CT molecular complexity index is 1700. The molecule has 0 aliphatic heterocycles. The first kappa shape index (κ1) is 16.9. The second kappa shape index (κ2) is 6.34. The molecule has 0 amide bonds. The molecule has 0 spiro atoms. The number of aromatic nitrogens is 2. The van der Waals surface area contributed by atoms with E-state index in [1.807, 2.05) is 11.3 Å². The first-order valence-electron chi connectivity index (χ1n) is 10.5. The molecule has 31 heavy (non-hydrogen) atoms. The predicted octanol–water partition coefficient (Wildman–Crippen LogP) is 7.94. The predicted molar refractivity (Wildman–Crippen MR) is 133 cm³/mol. The molecular weight excluding hydrogens is 396 g/mol. The number of hydrogen-bond acceptors (Lipinski definition) is 1. The summed E-state index contributed by atoms with van der Waals surface area (Å²) in [5.74, 6) is 0. The lowest BCUT2D eigenvalue weighted by Crippen LogP contribution is -1.94. The summed E-state index contributed by atoms with van der Waals surface area (Å²) in [5, 5.41) is 6.39. The van der Waals surface area contributed by atoms with Gasteiger partial charge in [0, 0.05) is 32.7 Å². The summed E-state index contributed by atoms with van der Waals surface area (Å²) < 4.78 is 6.03. The van der Waals surface area contributed by atoms with E-state index in [9.17, 15) is 0 Å². The molecule has 7 aromatic rings. The fourth-order valence-corrected chi connectivity index (χ4v) is 5.79. The molecule has 0 atom stereocenters. The highest BCUT2D eigenvalue weighted by Crippen LogP contribution is 2.37. The highest BCUT2D eigenvalue weighted by Gasteiger charge is 2.15. The minimum absolute atomic E-state index is 1.19. The fraction of sp³-hybridized carbons (Fsp3) is 0. The topological polar surface area (TPSA) is 9.86 Å². The van der Waals surface area contributed by atoms with Gasteiger partial charge in [-0.3, -0.25) is 0 Å². The summed E-state index contributed by atoms with van der Waals surface area (Å²) in [6.07, 6.45) is 2.20. The van der Waals surface area contributed by atoms with Gasteiger partial charge < -0.3 is 9.13 Å². The first-order valence-corrected chi connectivity index (χ1v) is 11.3. The molecule has 0 bridgehead atoms. The summed E-state index contributed by atoms with van der Waals surface area (Å²) in [6, 6.07) is 37.1. The smallest absolute Gasteiger partial charge is 0.101 e. The van der Waals surface area contributed by atoms with Crippen LogP contribution in [0, 0.1) is 0 Å². The third-order valence-electron chi connectivity index (χ3n) is 6.15. The molecule has 146 valence electrons. The number of thiophene rings is 1. The highest BCUT2D eigenvalue weighted by atomic mass is 32.1. The van der Waals surface area contributed by atoms with Crippen molar-refractivity contribution >= 4 is 54.1 Å². The van der Waals surface area contributed by atoms with Crippen molar-refractivity contribution in [2.75, 3.05) is 0 Å². The van der Waals surface area contributed by atoms with Crippen LogP contribution in [0.4, 0.5) is 0 Å². The van der Waals surface area contributed by atoms with Crippen LogP contribution in [0.15, 0.2) is 109 Å². The van der Waals surface area contributed by atoms with Crippen LogP contribution in [0.3, 0.4) is 0 Å². The zero-order valence-corrected chi connectivity index (χ0v) is 17.5. The maximum atomic E-state index is 2.38. The summed E-state index contributed by atoms with van der Waals surface area (Å²) in [6.45, 7) is 0. The molecule has 4 aromatic carbocycles. The fourth-order valence-electron chi connectivity index (χ4n) is 4.73. The Morgan fingerprint density at radius 2 is 1.35 bits per heavy atom. The molecule has 0 fully saturated rings. The van der Waals surface area contributed by atoms with E-state index >= 15 is 0 Å². The van der Waals surface area contributed by atoms with Crippen molar-refractivity contribution in [1.29, 1.82) is 0 Å². The maximum Gasteiger partial charge on any atom is 0.101 e. The Labute approximate surface area is 183 Å². The van der Waals surface area contributed by atoms with Crippen molar-refractivity contribution < 1.29 is 0 Å². The molecule has 0 aliphatic rings. The van der Waals surface area contributed by atoms with Gasteiger partial charge in [-0.05, 0) is 53.9 Å². The van der Waals surface area contributed by atoms with Gasteiger partial charge >= 0.3 is 0 Å². The molecule has 0 N–H and O–H groups in total. The second-order valence-electron chi connectivity index (χ2n) is 7.92. The third-order valence-corrected chi connectivity index (χ3v) is 7.26. The standard InChI is InChI=1S/C28H18N2S/c1-2-9-21(10-3-1)30-24-12-6-5-11-22(24)23-16-19-14-15-29(25(19)18-26(23)30)28-17-20-8-4-7-13-27(20)31-28/h1-18H. The zero-order valence-electron chi connectivity index (χ0n) is 16.7. The van der Waals surface area contributed by atoms with E-state index in [1.54, 1.807) is 0 Å². The average molecular weight is 415 g/mol. The Morgan fingerprint density at radius 3 is 2.26 bits per heavy atom. The molecule has 3 heterocycles. The average Bonchev–Trinajstić information content (AvgIpc) is 3.51. The summed E-state index contributed by atoms with van der Waals surface area (Å²) in [4.78, 5) is 0. The van der Waals surface area contributed by atoms with E-state index in [4.69, 9.17) is 0 Å². The lowest BCUT2D eigenvalue weighted by atomic mass is 10.1. The Hall–Kier alpha value is -3.82. The highest BCUT2D eigenvalue weighted by molar-refractivity contribution is 7.21. The molecule has 0 aliphatic carbocycles. The zero-order chi connectivity index (χ0) is 20.4. The van der Waals surface area contributed by atoms with E-state index in [0.29, 0.717) is 0 Å². The molecule has 0 unspecified atom stereocenters. The van der Waals surface area contributed by atoms with Crippen molar-refractivity contribution in [3.05, 3.63) is 109 Å². The van der Waals surface area contributed by atoms with Gasteiger partial charge in [0.1, 0.15) is 5.00 Å². The number of benzene rings is 4. The van der Waals surface area contributed by atoms with Crippen molar-refractivity contribution in [3.8, 4) is 10.7 Å². The van der Waals surface area contributed by atoms with Crippen molar-refractivity contribution in [2.45, 2.75) is 0 Å². The van der Waals surface area contributed by atoms with Gasteiger partial charge in [-0.25, -0.2) is 0 Å². The SMILES string of the molecule is c1ccc(-n2c3ccccc3c3cc4ccn(-c5cc6ccccc6s5)c4cc32)cc1. The van der Waals surface area contributed by atoms with E-state index in [0.717, 1.165) is 0 Å². The van der Waals surface area contributed by atoms with Crippen LogP contribution in [0.1, 0.15) is 0 Å². The molecule has 0 radical (unpaired) electrons. The third kappa shape index (κ3) is 2.44. The van der Waals surface area contributed by atoms with Crippen molar-refractivity contribution in [3.63, 3.8) is 0 Å². The van der Waals surface area contributed by atoms with Crippen molar-refractivity contribution in [2.24, 2.45) is 0 Å². The van der Waals surface area contributed by atoms with Crippen LogP contribution < -0.4 is 0 Å². The van der Waals surface area contributed by atoms with Crippen LogP contribution in [0.2, 0.25) is 0 Å². The number of nitrogens with zero attached hydrogens (tertiary/aromatic N) is 2. The van der Waals surface area contributed by atoms with Gasteiger partial charge in [0.05, 0.1) is 16.6 Å². The number of fused-ring (bicyclic) bond motifs is 5. The van der Waals surface area contributed by atoms with Gasteiger partial charge in [0.15, 0.2) is 0 Å². The molecule has 0 saturated carbocycles. The molecule has 7 rings (SSSR count). The van der Waals surface area contributed by atoms with E-state index < -0.39 is 0 Å². The molecule has 3 heteroatoms.